The molecule has 1 fully saturated rings. The topological polar surface area (TPSA) is 34.9 Å². The van der Waals surface area contributed by atoms with Gasteiger partial charge in [-0.2, -0.15) is 18.3 Å². The lowest BCUT2D eigenvalue weighted by atomic mass is 9.64. The van der Waals surface area contributed by atoms with Crippen LogP contribution in [0.15, 0.2) is 12.4 Å². The summed E-state index contributed by atoms with van der Waals surface area (Å²) in [6, 6.07) is 0. The Balaban J connectivity index is 1.97. The number of nitrogens with zero attached hydrogens (tertiary/aromatic N) is 2. The van der Waals surface area contributed by atoms with E-state index in [0.29, 0.717) is 17.9 Å². The Morgan fingerprint density at radius 2 is 2.11 bits per heavy atom. The number of aromatic nitrogens is 2. The summed E-state index contributed by atoms with van der Waals surface area (Å²) in [7, 11) is 0. The summed E-state index contributed by atoms with van der Waals surface area (Å²) in [5.74, 6) is -1.39. The van der Waals surface area contributed by atoms with E-state index < -0.39 is 12.0 Å². The molecule has 6 heteroatoms. The van der Waals surface area contributed by atoms with Crippen molar-refractivity contribution in [3.63, 3.8) is 0 Å². The molecule has 1 aliphatic carbocycles. The van der Waals surface area contributed by atoms with Crippen LogP contribution in [0.4, 0.5) is 13.2 Å². The van der Waals surface area contributed by atoms with Crippen molar-refractivity contribution in [3.8, 4) is 0 Å². The highest BCUT2D eigenvalue weighted by Gasteiger charge is 2.40. The molecule has 0 saturated heterocycles. The van der Waals surface area contributed by atoms with Gasteiger partial charge < -0.3 is 0 Å². The van der Waals surface area contributed by atoms with E-state index in [1.54, 1.807) is 0 Å². The average molecular weight is 260 g/mol. The van der Waals surface area contributed by atoms with Gasteiger partial charge >= 0.3 is 6.18 Å². The zero-order valence-corrected chi connectivity index (χ0v) is 10.3. The standard InChI is InChI=1S/C12H15F3N2O/c1-11(2)3-8(4-11)6-17-7-9(5-16-17)10(18)12(13,14)15/h5,7-8H,3-4,6H2,1-2H3. The van der Waals surface area contributed by atoms with Crippen LogP contribution in [-0.4, -0.2) is 21.7 Å². The van der Waals surface area contributed by atoms with Gasteiger partial charge in [-0.3, -0.25) is 9.48 Å². The molecular weight excluding hydrogens is 245 g/mol. The van der Waals surface area contributed by atoms with Crippen LogP contribution in [0, 0.1) is 11.3 Å². The highest BCUT2D eigenvalue weighted by molar-refractivity contribution is 5.99. The second-order valence-electron chi connectivity index (χ2n) is 5.72. The summed E-state index contributed by atoms with van der Waals surface area (Å²) in [5, 5.41) is 3.82. The number of hydrogen-bond donors (Lipinski definition) is 0. The maximum atomic E-state index is 12.2. The van der Waals surface area contributed by atoms with E-state index in [0.717, 1.165) is 19.0 Å². The first-order valence-corrected chi connectivity index (χ1v) is 5.81. The quantitative estimate of drug-likeness (QED) is 0.783. The fourth-order valence-corrected chi connectivity index (χ4v) is 2.64. The second kappa shape index (κ2) is 4.10. The molecular formula is C12H15F3N2O. The van der Waals surface area contributed by atoms with Crippen molar-refractivity contribution < 1.29 is 18.0 Å². The lowest BCUT2D eigenvalue weighted by Gasteiger charge is -2.42. The summed E-state index contributed by atoms with van der Waals surface area (Å²) in [6.07, 6.45) is -0.585. The van der Waals surface area contributed by atoms with Crippen LogP contribution < -0.4 is 0 Å². The molecule has 18 heavy (non-hydrogen) atoms. The van der Waals surface area contributed by atoms with Gasteiger partial charge in [0.1, 0.15) is 0 Å². The van der Waals surface area contributed by atoms with Crippen LogP contribution in [0.25, 0.3) is 0 Å². The maximum Gasteiger partial charge on any atom is 0.454 e. The summed E-state index contributed by atoms with van der Waals surface area (Å²) in [6.45, 7) is 4.89. The van der Waals surface area contributed by atoms with Gasteiger partial charge in [-0.1, -0.05) is 13.8 Å². The third-order valence-corrected chi connectivity index (χ3v) is 3.28. The molecule has 0 N–H and O–H groups in total. The predicted octanol–water partition coefficient (Wildman–Crippen LogP) is 3.06. The maximum absolute atomic E-state index is 12.2. The number of carbonyl (C=O) groups is 1. The van der Waals surface area contributed by atoms with E-state index in [1.165, 1.54) is 10.9 Å². The van der Waals surface area contributed by atoms with Crippen molar-refractivity contribution in [1.29, 1.82) is 0 Å². The highest BCUT2D eigenvalue weighted by atomic mass is 19.4. The van der Waals surface area contributed by atoms with Gasteiger partial charge in [0.15, 0.2) is 0 Å². The normalized spacial score (nSPS) is 19.6. The summed E-state index contributed by atoms with van der Waals surface area (Å²) in [5.41, 5.74) is -0.0660. The number of alkyl halides is 3. The van der Waals surface area contributed by atoms with Crippen LogP contribution in [0.1, 0.15) is 37.0 Å². The molecule has 0 radical (unpaired) electrons. The zero-order valence-electron chi connectivity index (χ0n) is 10.3. The first-order chi connectivity index (χ1) is 8.17. The van der Waals surface area contributed by atoms with E-state index in [4.69, 9.17) is 0 Å². The number of hydrogen-bond acceptors (Lipinski definition) is 2. The van der Waals surface area contributed by atoms with Gasteiger partial charge in [0.05, 0.1) is 11.8 Å². The highest BCUT2D eigenvalue weighted by Crippen LogP contribution is 2.45. The third-order valence-electron chi connectivity index (χ3n) is 3.28. The van der Waals surface area contributed by atoms with Gasteiger partial charge in [-0.05, 0) is 24.2 Å². The molecule has 1 saturated carbocycles. The Labute approximate surface area is 103 Å². The zero-order chi connectivity index (χ0) is 13.6. The summed E-state index contributed by atoms with van der Waals surface area (Å²) >= 11 is 0. The van der Waals surface area contributed by atoms with Gasteiger partial charge in [0.2, 0.25) is 0 Å². The van der Waals surface area contributed by atoms with Crippen LogP contribution in [0.2, 0.25) is 0 Å². The van der Waals surface area contributed by atoms with Crippen molar-refractivity contribution in [3.05, 3.63) is 18.0 Å². The molecule has 100 valence electrons. The van der Waals surface area contributed by atoms with Crippen LogP contribution in [0.3, 0.4) is 0 Å². The van der Waals surface area contributed by atoms with Gasteiger partial charge in [-0.15, -0.1) is 0 Å². The van der Waals surface area contributed by atoms with Crippen molar-refractivity contribution in [1.82, 2.24) is 9.78 Å². The third kappa shape index (κ3) is 2.73. The van der Waals surface area contributed by atoms with Gasteiger partial charge in [0.25, 0.3) is 5.78 Å². The van der Waals surface area contributed by atoms with Crippen molar-refractivity contribution in [2.45, 2.75) is 39.4 Å². The largest absolute Gasteiger partial charge is 0.454 e. The number of Topliss-reactive ketones (excluding diaryl/α,β-unsaturated/α-hetero) is 1. The molecule has 0 amide bonds. The van der Waals surface area contributed by atoms with Crippen LogP contribution in [-0.2, 0) is 6.54 Å². The minimum atomic E-state index is -4.83. The monoisotopic (exact) mass is 260 g/mol. The minimum Gasteiger partial charge on any atom is -0.284 e. The van der Waals surface area contributed by atoms with Crippen LogP contribution in [0.5, 0.6) is 0 Å². The van der Waals surface area contributed by atoms with E-state index in [-0.39, 0.29) is 5.56 Å². The van der Waals surface area contributed by atoms with Gasteiger partial charge in [-0.25, -0.2) is 0 Å². The Kier molecular flexibility index (Phi) is 2.99. The van der Waals surface area contributed by atoms with Crippen LogP contribution >= 0.6 is 0 Å². The second-order valence-corrected chi connectivity index (χ2v) is 5.72. The Morgan fingerprint density at radius 3 is 2.61 bits per heavy atom. The van der Waals surface area contributed by atoms with Crippen molar-refractivity contribution in [2.24, 2.45) is 11.3 Å². The Morgan fingerprint density at radius 1 is 1.50 bits per heavy atom. The molecule has 1 aliphatic rings. The average Bonchev–Trinajstić information content (AvgIpc) is 2.60. The number of rotatable bonds is 3. The molecule has 0 bridgehead atoms. The fraction of sp³-hybridized carbons (Fsp3) is 0.667. The molecule has 2 rings (SSSR count). The minimum absolute atomic E-state index is 0.322. The van der Waals surface area contributed by atoms with E-state index in [9.17, 15) is 18.0 Å². The SMILES string of the molecule is CC1(C)CC(Cn2cc(C(=O)C(F)(F)F)cn2)C1. The molecule has 0 aromatic carbocycles. The number of ketones is 1. The van der Waals surface area contributed by atoms with E-state index >= 15 is 0 Å². The molecule has 1 aromatic heterocycles. The number of halogens is 3. The molecule has 0 atom stereocenters. The lowest BCUT2D eigenvalue weighted by Crippen LogP contribution is -2.34. The van der Waals surface area contributed by atoms with Gasteiger partial charge in [0, 0.05) is 12.7 Å². The lowest BCUT2D eigenvalue weighted by molar-refractivity contribution is -0.0885. The first kappa shape index (κ1) is 13.1. The van der Waals surface area contributed by atoms with E-state index in [2.05, 4.69) is 18.9 Å². The smallest absolute Gasteiger partial charge is 0.284 e. The van der Waals surface area contributed by atoms with Crippen molar-refractivity contribution in [2.75, 3.05) is 0 Å². The summed E-state index contributed by atoms with van der Waals surface area (Å²) in [4.78, 5) is 11.0. The number of carbonyl (C=O) groups excluding carboxylic acids is 1. The molecule has 1 heterocycles. The fourth-order valence-electron chi connectivity index (χ4n) is 2.64. The van der Waals surface area contributed by atoms with Crippen molar-refractivity contribution >= 4 is 5.78 Å². The predicted molar refractivity (Wildman–Crippen MR) is 59.1 cm³/mol. The molecule has 0 spiro atoms. The Hall–Kier alpha value is -1.33. The summed E-state index contributed by atoms with van der Waals surface area (Å²) < 4.78 is 38.0. The first-order valence-electron chi connectivity index (χ1n) is 5.81. The van der Waals surface area contributed by atoms with E-state index in [1.807, 2.05) is 0 Å². The molecule has 0 aliphatic heterocycles. The molecule has 0 unspecified atom stereocenters. The molecule has 1 aromatic rings. The molecule has 3 nitrogen and oxygen atoms in total. The Bertz CT molecular complexity index is 454.